The summed E-state index contributed by atoms with van der Waals surface area (Å²) in [4.78, 5) is 3.30. The van der Waals surface area contributed by atoms with Crippen molar-refractivity contribution < 1.29 is 0 Å². The number of hydrogen-bond donors (Lipinski definition) is 1. The average molecular weight is 245 g/mol. The van der Waals surface area contributed by atoms with Gasteiger partial charge in [0, 0.05) is 23.7 Å². The molecule has 0 saturated heterocycles. The summed E-state index contributed by atoms with van der Waals surface area (Å²) in [5, 5.41) is 0.807. The quantitative estimate of drug-likeness (QED) is 0.807. The van der Waals surface area contributed by atoms with Crippen LogP contribution < -0.4 is 5.73 Å². The van der Waals surface area contributed by atoms with Crippen molar-refractivity contribution in [3.8, 4) is 0 Å². The molecule has 0 spiro atoms. The lowest BCUT2D eigenvalue weighted by Gasteiger charge is -2.10. The van der Waals surface area contributed by atoms with Crippen LogP contribution in [-0.2, 0) is 6.54 Å². The summed E-state index contributed by atoms with van der Waals surface area (Å²) in [7, 11) is 4.14. The van der Waals surface area contributed by atoms with E-state index in [0.29, 0.717) is 6.54 Å². The van der Waals surface area contributed by atoms with Crippen molar-refractivity contribution in [2.75, 3.05) is 26.4 Å². The Morgan fingerprint density at radius 3 is 2.67 bits per heavy atom. The van der Waals surface area contributed by atoms with Crippen LogP contribution in [-0.4, -0.2) is 31.3 Å². The molecule has 0 radical (unpaired) electrons. The Balaban J connectivity index is 2.54. The van der Waals surface area contributed by atoms with E-state index in [2.05, 4.69) is 19.0 Å². The molecule has 0 heterocycles. The molecule has 84 valence electrons. The maximum atomic E-state index is 6.13. The molecule has 0 fully saturated rings. The summed E-state index contributed by atoms with van der Waals surface area (Å²) in [5.41, 5.74) is 6.62. The molecular formula is C11H17ClN2S. The van der Waals surface area contributed by atoms with Gasteiger partial charge in [0.2, 0.25) is 0 Å². The number of thioether (sulfide) groups is 1. The highest BCUT2D eigenvalue weighted by Crippen LogP contribution is 2.27. The van der Waals surface area contributed by atoms with Crippen LogP contribution in [0.15, 0.2) is 23.1 Å². The first-order chi connectivity index (χ1) is 7.13. The highest BCUT2D eigenvalue weighted by molar-refractivity contribution is 7.99. The standard InChI is InChI=1S/C11H17ClN2S/c1-14(2)5-6-15-11-4-3-9(8-13)7-10(11)12/h3-4,7H,5-6,8,13H2,1-2H3. The molecule has 1 rings (SSSR count). The maximum absolute atomic E-state index is 6.13. The monoisotopic (exact) mass is 244 g/mol. The molecule has 0 bridgehead atoms. The van der Waals surface area contributed by atoms with Crippen LogP contribution in [0.5, 0.6) is 0 Å². The highest BCUT2D eigenvalue weighted by Gasteiger charge is 2.02. The van der Waals surface area contributed by atoms with Gasteiger partial charge in [-0.2, -0.15) is 0 Å². The van der Waals surface area contributed by atoms with Gasteiger partial charge in [-0.3, -0.25) is 0 Å². The predicted molar refractivity (Wildman–Crippen MR) is 68.6 cm³/mol. The summed E-state index contributed by atoms with van der Waals surface area (Å²) >= 11 is 7.91. The van der Waals surface area contributed by atoms with Crippen molar-refractivity contribution in [2.45, 2.75) is 11.4 Å². The zero-order chi connectivity index (χ0) is 11.3. The van der Waals surface area contributed by atoms with Crippen molar-refractivity contribution in [3.05, 3.63) is 28.8 Å². The van der Waals surface area contributed by atoms with E-state index in [1.807, 2.05) is 18.2 Å². The SMILES string of the molecule is CN(C)CCSc1ccc(CN)cc1Cl. The molecule has 2 nitrogen and oxygen atoms in total. The lowest BCUT2D eigenvalue weighted by molar-refractivity contribution is 0.437. The molecule has 0 aliphatic heterocycles. The zero-order valence-corrected chi connectivity index (χ0v) is 10.7. The van der Waals surface area contributed by atoms with Crippen LogP contribution >= 0.6 is 23.4 Å². The Bertz CT molecular complexity index is 315. The third kappa shape index (κ3) is 4.43. The number of nitrogens with zero attached hydrogens (tertiary/aromatic N) is 1. The van der Waals surface area contributed by atoms with Gasteiger partial charge in [-0.25, -0.2) is 0 Å². The largest absolute Gasteiger partial charge is 0.326 e. The summed E-state index contributed by atoms with van der Waals surface area (Å²) in [6.07, 6.45) is 0. The third-order valence-corrected chi connectivity index (χ3v) is 3.51. The van der Waals surface area contributed by atoms with Crippen molar-refractivity contribution in [1.29, 1.82) is 0 Å². The molecule has 2 N–H and O–H groups in total. The van der Waals surface area contributed by atoms with Gasteiger partial charge in [0.05, 0.1) is 5.02 Å². The Labute approximate surface area is 101 Å². The van der Waals surface area contributed by atoms with E-state index in [4.69, 9.17) is 17.3 Å². The van der Waals surface area contributed by atoms with Crippen LogP contribution in [0.4, 0.5) is 0 Å². The Kier molecular flexibility index (Phi) is 5.47. The van der Waals surface area contributed by atoms with Crippen LogP contribution in [0.3, 0.4) is 0 Å². The van der Waals surface area contributed by atoms with E-state index in [9.17, 15) is 0 Å². The number of benzene rings is 1. The predicted octanol–water partition coefficient (Wildman–Crippen LogP) is 2.45. The summed E-state index contributed by atoms with van der Waals surface area (Å²) in [5.74, 6) is 1.05. The minimum absolute atomic E-state index is 0.544. The van der Waals surface area contributed by atoms with Crippen LogP contribution in [0.1, 0.15) is 5.56 Å². The number of rotatable bonds is 5. The molecule has 1 aromatic rings. The normalized spacial score (nSPS) is 11.0. The van der Waals surface area contributed by atoms with E-state index in [-0.39, 0.29) is 0 Å². The lowest BCUT2D eigenvalue weighted by Crippen LogP contribution is -2.14. The fourth-order valence-corrected chi connectivity index (χ4v) is 2.53. The van der Waals surface area contributed by atoms with Crippen LogP contribution in [0.2, 0.25) is 5.02 Å². The molecule has 0 aliphatic carbocycles. The van der Waals surface area contributed by atoms with Gasteiger partial charge in [0.15, 0.2) is 0 Å². The van der Waals surface area contributed by atoms with E-state index < -0.39 is 0 Å². The number of nitrogens with two attached hydrogens (primary N) is 1. The van der Waals surface area contributed by atoms with Gasteiger partial charge in [-0.15, -0.1) is 11.8 Å². The first-order valence-electron chi connectivity index (χ1n) is 4.89. The Hall–Kier alpha value is -0.220. The first kappa shape index (κ1) is 12.8. The van der Waals surface area contributed by atoms with Gasteiger partial charge in [0.25, 0.3) is 0 Å². The van der Waals surface area contributed by atoms with Crippen molar-refractivity contribution >= 4 is 23.4 Å². The Morgan fingerprint density at radius 1 is 1.40 bits per heavy atom. The summed E-state index contributed by atoms with van der Waals surface area (Å²) in [6.45, 7) is 1.60. The molecular weight excluding hydrogens is 228 g/mol. The molecule has 0 unspecified atom stereocenters. The van der Waals surface area contributed by atoms with E-state index in [0.717, 1.165) is 27.8 Å². The molecule has 0 amide bonds. The second-order valence-electron chi connectivity index (χ2n) is 3.62. The van der Waals surface area contributed by atoms with Gasteiger partial charge in [-0.05, 0) is 31.8 Å². The lowest BCUT2D eigenvalue weighted by atomic mass is 10.2. The average Bonchev–Trinajstić information content (AvgIpc) is 2.20. The molecule has 0 aromatic heterocycles. The van der Waals surface area contributed by atoms with Crippen molar-refractivity contribution in [1.82, 2.24) is 4.90 Å². The van der Waals surface area contributed by atoms with E-state index in [1.165, 1.54) is 0 Å². The molecule has 0 saturated carbocycles. The Morgan fingerprint density at radius 2 is 2.13 bits per heavy atom. The highest BCUT2D eigenvalue weighted by atomic mass is 35.5. The second kappa shape index (κ2) is 6.38. The topological polar surface area (TPSA) is 29.3 Å². The van der Waals surface area contributed by atoms with E-state index >= 15 is 0 Å². The molecule has 0 atom stereocenters. The van der Waals surface area contributed by atoms with E-state index in [1.54, 1.807) is 11.8 Å². The van der Waals surface area contributed by atoms with Gasteiger partial charge in [-0.1, -0.05) is 17.7 Å². The van der Waals surface area contributed by atoms with Crippen LogP contribution in [0, 0.1) is 0 Å². The zero-order valence-electron chi connectivity index (χ0n) is 9.16. The van der Waals surface area contributed by atoms with Gasteiger partial charge in [0.1, 0.15) is 0 Å². The number of hydrogen-bond acceptors (Lipinski definition) is 3. The van der Waals surface area contributed by atoms with Crippen LogP contribution in [0.25, 0.3) is 0 Å². The smallest absolute Gasteiger partial charge is 0.0545 e. The second-order valence-corrected chi connectivity index (χ2v) is 5.16. The molecule has 1 aromatic carbocycles. The third-order valence-electron chi connectivity index (χ3n) is 2.03. The maximum Gasteiger partial charge on any atom is 0.0545 e. The minimum Gasteiger partial charge on any atom is -0.326 e. The molecule has 15 heavy (non-hydrogen) atoms. The van der Waals surface area contributed by atoms with Crippen molar-refractivity contribution in [3.63, 3.8) is 0 Å². The van der Waals surface area contributed by atoms with Gasteiger partial charge >= 0.3 is 0 Å². The number of halogens is 1. The van der Waals surface area contributed by atoms with Crippen molar-refractivity contribution in [2.24, 2.45) is 5.73 Å². The minimum atomic E-state index is 0.544. The molecule has 0 aliphatic rings. The fraction of sp³-hybridized carbons (Fsp3) is 0.455. The summed E-state index contributed by atoms with van der Waals surface area (Å²) < 4.78 is 0. The summed E-state index contributed by atoms with van der Waals surface area (Å²) in [6, 6.07) is 6.02. The fourth-order valence-electron chi connectivity index (χ4n) is 1.13. The van der Waals surface area contributed by atoms with Gasteiger partial charge < -0.3 is 10.6 Å². The first-order valence-corrected chi connectivity index (χ1v) is 6.26. The molecule has 4 heteroatoms.